The molecule has 2 atom stereocenters. The molecular formula is C10H22N2O2S. The lowest BCUT2D eigenvalue weighted by Gasteiger charge is -2.14. The van der Waals surface area contributed by atoms with E-state index in [0.717, 1.165) is 6.42 Å². The number of carbonyl (C=O) groups is 1. The molecule has 4 nitrogen and oxygen atoms in total. The Hall–Kier alpha value is -0.420. The van der Waals surface area contributed by atoms with Gasteiger partial charge in [0.05, 0.1) is 6.54 Å². The van der Waals surface area contributed by atoms with Crippen molar-refractivity contribution in [1.82, 2.24) is 10.6 Å². The molecule has 0 fully saturated rings. The van der Waals surface area contributed by atoms with E-state index in [2.05, 4.69) is 10.6 Å². The third kappa shape index (κ3) is 9.87. The van der Waals surface area contributed by atoms with Gasteiger partial charge < -0.3 is 10.6 Å². The lowest BCUT2D eigenvalue weighted by Crippen LogP contribution is -2.41. The van der Waals surface area contributed by atoms with Crippen LogP contribution in [0.3, 0.4) is 0 Å². The van der Waals surface area contributed by atoms with Crippen molar-refractivity contribution in [3.05, 3.63) is 0 Å². The first kappa shape index (κ1) is 14.6. The molecule has 0 heterocycles. The fraction of sp³-hybridized carbons (Fsp3) is 0.900. The average molecular weight is 234 g/mol. The molecule has 0 bridgehead atoms. The molecule has 0 saturated heterocycles. The van der Waals surface area contributed by atoms with Crippen molar-refractivity contribution in [2.45, 2.75) is 39.3 Å². The Labute approximate surface area is 94.7 Å². The molecule has 0 radical (unpaired) electrons. The highest BCUT2D eigenvalue weighted by Gasteiger charge is 2.07. The first-order chi connectivity index (χ1) is 6.91. The van der Waals surface area contributed by atoms with Crippen LogP contribution in [0.25, 0.3) is 0 Å². The van der Waals surface area contributed by atoms with E-state index in [4.69, 9.17) is 0 Å². The van der Waals surface area contributed by atoms with Crippen LogP contribution in [-0.2, 0) is 15.6 Å². The highest BCUT2D eigenvalue weighted by atomic mass is 32.2. The molecule has 0 aromatic rings. The summed E-state index contributed by atoms with van der Waals surface area (Å²) in [5.74, 6) is 0.636. The van der Waals surface area contributed by atoms with Crippen molar-refractivity contribution >= 4 is 16.7 Å². The molecule has 0 aliphatic rings. The van der Waals surface area contributed by atoms with Crippen LogP contribution in [0, 0.1) is 0 Å². The minimum atomic E-state index is -0.779. The third-order valence-corrected chi connectivity index (χ3v) is 2.73. The van der Waals surface area contributed by atoms with Gasteiger partial charge in [-0.3, -0.25) is 9.00 Å². The van der Waals surface area contributed by atoms with Gasteiger partial charge in [0.15, 0.2) is 0 Å². The van der Waals surface area contributed by atoms with Gasteiger partial charge in [-0.1, -0.05) is 13.8 Å². The monoisotopic (exact) mass is 234 g/mol. The molecular weight excluding hydrogens is 212 g/mol. The van der Waals surface area contributed by atoms with Gasteiger partial charge in [0.25, 0.3) is 0 Å². The molecule has 0 aliphatic heterocycles. The second kappa shape index (κ2) is 7.82. The summed E-state index contributed by atoms with van der Waals surface area (Å²) in [4.78, 5) is 11.4. The maximum atomic E-state index is 11.4. The van der Waals surface area contributed by atoms with Crippen molar-refractivity contribution in [1.29, 1.82) is 0 Å². The number of nitrogens with one attached hydrogen (secondary N) is 2. The Morgan fingerprint density at radius 1 is 1.33 bits per heavy atom. The SMILES string of the molecule is CC(C)NCC(=O)NC(C)CCS(C)=O. The van der Waals surface area contributed by atoms with Gasteiger partial charge in [0.1, 0.15) is 0 Å². The largest absolute Gasteiger partial charge is 0.353 e. The summed E-state index contributed by atoms with van der Waals surface area (Å²) >= 11 is 0. The summed E-state index contributed by atoms with van der Waals surface area (Å²) in [6, 6.07) is 0.407. The first-order valence-electron chi connectivity index (χ1n) is 5.24. The van der Waals surface area contributed by atoms with Gasteiger partial charge in [-0.05, 0) is 13.3 Å². The molecule has 15 heavy (non-hydrogen) atoms. The third-order valence-electron chi connectivity index (χ3n) is 1.92. The summed E-state index contributed by atoms with van der Waals surface area (Å²) < 4.78 is 10.8. The van der Waals surface area contributed by atoms with Crippen molar-refractivity contribution in [2.75, 3.05) is 18.6 Å². The smallest absolute Gasteiger partial charge is 0.234 e. The van der Waals surface area contributed by atoms with Crippen LogP contribution in [0.1, 0.15) is 27.2 Å². The van der Waals surface area contributed by atoms with Crippen molar-refractivity contribution < 1.29 is 9.00 Å². The fourth-order valence-corrected chi connectivity index (χ4v) is 1.72. The second-order valence-corrected chi connectivity index (χ2v) is 5.62. The van der Waals surface area contributed by atoms with Crippen LogP contribution in [0.2, 0.25) is 0 Å². The van der Waals surface area contributed by atoms with Crippen LogP contribution >= 0.6 is 0 Å². The lowest BCUT2D eigenvalue weighted by molar-refractivity contribution is -0.120. The number of carbonyl (C=O) groups excluding carboxylic acids is 1. The summed E-state index contributed by atoms with van der Waals surface area (Å²) in [6.45, 7) is 6.27. The highest BCUT2D eigenvalue weighted by molar-refractivity contribution is 7.84. The van der Waals surface area contributed by atoms with Crippen molar-refractivity contribution in [3.8, 4) is 0 Å². The van der Waals surface area contributed by atoms with Gasteiger partial charge in [-0.25, -0.2) is 0 Å². The van der Waals surface area contributed by atoms with E-state index in [9.17, 15) is 9.00 Å². The van der Waals surface area contributed by atoms with Gasteiger partial charge in [0, 0.05) is 34.9 Å². The van der Waals surface area contributed by atoms with E-state index < -0.39 is 10.8 Å². The zero-order valence-electron chi connectivity index (χ0n) is 10.0. The molecule has 0 aliphatic carbocycles. The molecule has 90 valence electrons. The van der Waals surface area contributed by atoms with Gasteiger partial charge in [0.2, 0.25) is 5.91 Å². The molecule has 0 saturated carbocycles. The second-order valence-electron chi connectivity index (χ2n) is 4.07. The predicted molar refractivity (Wildman–Crippen MR) is 64.3 cm³/mol. The van der Waals surface area contributed by atoms with Crippen LogP contribution < -0.4 is 10.6 Å². The van der Waals surface area contributed by atoms with Gasteiger partial charge in [-0.15, -0.1) is 0 Å². The number of amides is 1. The van der Waals surface area contributed by atoms with E-state index in [1.54, 1.807) is 6.26 Å². The molecule has 1 amide bonds. The predicted octanol–water partition coefficient (Wildman–Crippen LogP) is 0.258. The van der Waals surface area contributed by atoms with E-state index in [1.165, 1.54) is 0 Å². The van der Waals surface area contributed by atoms with Crippen molar-refractivity contribution in [3.63, 3.8) is 0 Å². The Morgan fingerprint density at radius 2 is 1.93 bits per heavy atom. The maximum Gasteiger partial charge on any atom is 0.234 e. The highest BCUT2D eigenvalue weighted by Crippen LogP contribution is 1.92. The van der Waals surface area contributed by atoms with Crippen LogP contribution in [-0.4, -0.2) is 40.8 Å². The average Bonchev–Trinajstić information content (AvgIpc) is 2.11. The minimum absolute atomic E-state index is 0.00177. The quantitative estimate of drug-likeness (QED) is 0.664. The number of hydrogen-bond acceptors (Lipinski definition) is 3. The zero-order chi connectivity index (χ0) is 11.8. The maximum absolute atomic E-state index is 11.4. The minimum Gasteiger partial charge on any atom is -0.353 e. The van der Waals surface area contributed by atoms with Gasteiger partial charge >= 0.3 is 0 Å². The Kier molecular flexibility index (Phi) is 7.60. The van der Waals surface area contributed by atoms with E-state index in [-0.39, 0.29) is 11.9 Å². The zero-order valence-corrected chi connectivity index (χ0v) is 10.8. The Morgan fingerprint density at radius 3 is 2.40 bits per heavy atom. The normalized spacial score (nSPS) is 15.0. The standard InChI is InChI=1S/C10H22N2O2S/c1-8(2)11-7-10(13)12-9(3)5-6-15(4)14/h8-9,11H,5-7H2,1-4H3,(H,12,13). The molecule has 2 N–H and O–H groups in total. The van der Waals surface area contributed by atoms with Crippen LogP contribution in [0.5, 0.6) is 0 Å². The van der Waals surface area contributed by atoms with Crippen LogP contribution in [0.15, 0.2) is 0 Å². The topological polar surface area (TPSA) is 58.2 Å². The summed E-state index contributed by atoms with van der Waals surface area (Å²) in [5, 5.41) is 5.90. The summed E-state index contributed by atoms with van der Waals surface area (Å²) in [6.07, 6.45) is 2.44. The summed E-state index contributed by atoms with van der Waals surface area (Å²) in [5.41, 5.74) is 0. The molecule has 0 rings (SSSR count). The molecule has 2 unspecified atom stereocenters. The lowest BCUT2D eigenvalue weighted by atomic mass is 10.2. The molecule has 0 spiro atoms. The van der Waals surface area contributed by atoms with Crippen LogP contribution in [0.4, 0.5) is 0 Å². The van der Waals surface area contributed by atoms with Gasteiger partial charge in [-0.2, -0.15) is 0 Å². The van der Waals surface area contributed by atoms with E-state index in [1.807, 2.05) is 20.8 Å². The van der Waals surface area contributed by atoms with Crippen molar-refractivity contribution in [2.24, 2.45) is 0 Å². The molecule has 5 heteroatoms. The van der Waals surface area contributed by atoms with E-state index >= 15 is 0 Å². The molecule has 0 aromatic carbocycles. The fourth-order valence-electron chi connectivity index (χ4n) is 1.04. The Bertz CT molecular complexity index is 219. The number of rotatable bonds is 7. The van der Waals surface area contributed by atoms with E-state index in [0.29, 0.717) is 18.3 Å². The summed E-state index contributed by atoms with van der Waals surface area (Å²) in [7, 11) is -0.779. The first-order valence-corrected chi connectivity index (χ1v) is 6.97. The molecule has 0 aromatic heterocycles. The number of hydrogen-bond donors (Lipinski definition) is 2. The Balaban J connectivity index is 3.62.